The lowest BCUT2D eigenvalue weighted by Crippen LogP contribution is -2.26. The molecule has 0 aromatic heterocycles. The lowest BCUT2D eigenvalue weighted by Gasteiger charge is -2.08. The number of nitrogens with two attached hydrogens (primary N) is 3. The van der Waals surface area contributed by atoms with E-state index in [0.717, 1.165) is 25.0 Å². The minimum atomic E-state index is -0.845. The van der Waals surface area contributed by atoms with Gasteiger partial charge >= 0.3 is 0 Å². The predicted octanol–water partition coefficient (Wildman–Crippen LogP) is 0.973. The van der Waals surface area contributed by atoms with E-state index < -0.39 is 17.4 Å². The lowest BCUT2D eigenvalue weighted by atomic mass is 10.2. The summed E-state index contributed by atoms with van der Waals surface area (Å²) in [5, 5.41) is 0. The van der Waals surface area contributed by atoms with Gasteiger partial charge in [0.1, 0.15) is 0 Å². The number of halogens is 2. The Morgan fingerprint density at radius 3 is 2.30 bits per heavy atom. The maximum Gasteiger partial charge on any atom is 0.223 e. The molecule has 2 rings (SSSR count). The van der Waals surface area contributed by atoms with Crippen molar-refractivity contribution < 1.29 is 13.5 Å². The fourth-order valence-corrected chi connectivity index (χ4v) is 1.52. The van der Waals surface area contributed by atoms with Crippen LogP contribution >= 0.6 is 0 Å². The van der Waals surface area contributed by atoms with Gasteiger partial charge in [-0.05, 0) is 18.8 Å². The van der Waals surface area contributed by atoms with Crippen LogP contribution in [0.25, 0.3) is 0 Å². The molecule has 0 aliphatic heterocycles. The van der Waals surface area contributed by atoms with Gasteiger partial charge in [-0.25, -0.2) is 13.8 Å². The summed E-state index contributed by atoms with van der Waals surface area (Å²) in [6, 6.07) is 2.00. The molecule has 0 radical (unpaired) electrons. The Morgan fingerprint density at radius 1 is 1.20 bits per heavy atom. The van der Waals surface area contributed by atoms with Crippen LogP contribution < -0.4 is 21.9 Å². The van der Waals surface area contributed by atoms with Crippen LogP contribution in [0.5, 0.6) is 5.75 Å². The van der Waals surface area contributed by atoms with Gasteiger partial charge in [0, 0.05) is 12.1 Å². The van der Waals surface area contributed by atoms with Gasteiger partial charge in [-0.1, -0.05) is 0 Å². The van der Waals surface area contributed by atoms with Crippen LogP contribution in [-0.4, -0.2) is 18.5 Å². The summed E-state index contributed by atoms with van der Waals surface area (Å²) >= 11 is 0. The van der Waals surface area contributed by atoms with Crippen molar-refractivity contribution in [2.45, 2.75) is 12.8 Å². The van der Waals surface area contributed by atoms with Gasteiger partial charge in [-0.15, -0.1) is 0 Å². The molecule has 0 bridgehead atoms. The molecule has 0 spiro atoms. The van der Waals surface area contributed by atoms with Crippen molar-refractivity contribution >= 4 is 17.6 Å². The zero-order valence-corrected chi connectivity index (χ0v) is 10.6. The summed E-state index contributed by atoms with van der Waals surface area (Å²) in [6.07, 6.45) is 2.06. The molecule has 1 aromatic carbocycles. The topological polar surface area (TPSA) is 112 Å². The van der Waals surface area contributed by atoms with Gasteiger partial charge in [-0.2, -0.15) is 4.99 Å². The SMILES string of the molecule is NC(N)=NC(N)=Nc1cc(F)c(OCC2CC2)c(F)c1. The highest BCUT2D eigenvalue weighted by Gasteiger charge is 2.23. The van der Waals surface area contributed by atoms with Crippen molar-refractivity contribution in [1.29, 1.82) is 0 Å². The molecule has 6 N–H and O–H groups in total. The van der Waals surface area contributed by atoms with E-state index in [9.17, 15) is 8.78 Å². The molecule has 1 saturated carbocycles. The van der Waals surface area contributed by atoms with Crippen LogP contribution in [-0.2, 0) is 0 Å². The fraction of sp³-hybridized carbons (Fsp3) is 0.333. The normalized spacial score (nSPS) is 15.0. The van der Waals surface area contributed by atoms with E-state index >= 15 is 0 Å². The Labute approximate surface area is 114 Å². The fourth-order valence-electron chi connectivity index (χ4n) is 1.52. The Balaban J connectivity index is 2.18. The minimum Gasteiger partial charge on any atom is -0.487 e. The first-order valence-electron chi connectivity index (χ1n) is 6.01. The van der Waals surface area contributed by atoms with E-state index in [4.69, 9.17) is 21.9 Å². The van der Waals surface area contributed by atoms with Crippen LogP contribution in [0.15, 0.2) is 22.1 Å². The number of aliphatic imine (C=N–C) groups is 2. The summed E-state index contributed by atoms with van der Waals surface area (Å²) in [7, 11) is 0. The van der Waals surface area contributed by atoms with E-state index in [2.05, 4.69) is 9.98 Å². The first-order valence-corrected chi connectivity index (χ1v) is 6.01. The molecule has 0 heterocycles. The van der Waals surface area contributed by atoms with Crippen molar-refractivity contribution in [1.82, 2.24) is 0 Å². The molecule has 1 aliphatic rings. The van der Waals surface area contributed by atoms with Crippen molar-refractivity contribution in [2.24, 2.45) is 33.1 Å². The van der Waals surface area contributed by atoms with E-state index in [0.29, 0.717) is 12.5 Å². The molecule has 0 amide bonds. The van der Waals surface area contributed by atoms with Crippen molar-refractivity contribution in [3.05, 3.63) is 23.8 Å². The standard InChI is InChI=1S/C12H15F2N5O/c13-8-3-7(18-12(17)19-11(15)16)4-9(14)10(8)20-5-6-1-2-6/h3-4,6H,1-2,5H2,(H6,15,16,17,18,19). The molecule has 1 aliphatic carbocycles. The van der Waals surface area contributed by atoms with Crippen LogP contribution in [0, 0.1) is 17.6 Å². The number of benzene rings is 1. The number of hydrogen-bond acceptors (Lipinski definition) is 2. The monoisotopic (exact) mass is 283 g/mol. The van der Waals surface area contributed by atoms with Crippen molar-refractivity contribution in [3.63, 3.8) is 0 Å². The van der Waals surface area contributed by atoms with Crippen LogP contribution in [0.3, 0.4) is 0 Å². The predicted molar refractivity (Wildman–Crippen MR) is 71.7 cm³/mol. The van der Waals surface area contributed by atoms with Crippen molar-refractivity contribution in [2.75, 3.05) is 6.61 Å². The molecular weight excluding hydrogens is 268 g/mol. The molecule has 8 heteroatoms. The second-order valence-electron chi connectivity index (χ2n) is 4.50. The van der Waals surface area contributed by atoms with Gasteiger partial charge in [0.25, 0.3) is 0 Å². The number of hydrogen-bond donors (Lipinski definition) is 3. The van der Waals surface area contributed by atoms with Crippen molar-refractivity contribution in [3.8, 4) is 5.75 Å². The first kappa shape index (κ1) is 14.0. The average Bonchev–Trinajstić information content (AvgIpc) is 3.10. The van der Waals surface area contributed by atoms with E-state index in [1.54, 1.807) is 0 Å². The third-order valence-electron chi connectivity index (χ3n) is 2.63. The molecule has 108 valence electrons. The third kappa shape index (κ3) is 3.81. The summed E-state index contributed by atoms with van der Waals surface area (Å²) in [5.41, 5.74) is 15.5. The molecule has 1 aromatic rings. The molecule has 0 unspecified atom stereocenters. The molecule has 1 fully saturated rings. The second kappa shape index (κ2) is 5.72. The maximum atomic E-state index is 13.7. The number of nitrogens with zero attached hydrogens (tertiary/aromatic N) is 2. The summed E-state index contributed by atoms with van der Waals surface area (Å²) in [6.45, 7) is 0.312. The highest BCUT2D eigenvalue weighted by molar-refractivity contribution is 5.93. The van der Waals surface area contributed by atoms with E-state index in [-0.39, 0.29) is 17.6 Å². The van der Waals surface area contributed by atoms with Crippen LogP contribution in [0.1, 0.15) is 12.8 Å². The largest absolute Gasteiger partial charge is 0.487 e. The van der Waals surface area contributed by atoms with Gasteiger partial charge in [0.05, 0.1) is 12.3 Å². The van der Waals surface area contributed by atoms with E-state index in [1.165, 1.54) is 0 Å². The average molecular weight is 283 g/mol. The third-order valence-corrected chi connectivity index (χ3v) is 2.63. The van der Waals surface area contributed by atoms with Crippen LogP contribution in [0.2, 0.25) is 0 Å². The minimum absolute atomic E-state index is 0.0405. The zero-order valence-electron chi connectivity index (χ0n) is 10.6. The summed E-state index contributed by atoms with van der Waals surface area (Å²) in [5.74, 6) is -2.30. The number of ether oxygens (including phenoxy) is 1. The zero-order chi connectivity index (χ0) is 14.7. The molecule has 0 atom stereocenters. The Kier molecular flexibility index (Phi) is 4.02. The first-order chi connectivity index (χ1) is 9.45. The number of rotatable bonds is 4. The maximum absolute atomic E-state index is 13.7. The van der Waals surface area contributed by atoms with Gasteiger partial charge in [-0.3, -0.25) is 0 Å². The number of guanidine groups is 2. The molecule has 20 heavy (non-hydrogen) atoms. The Bertz CT molecular complexity index is 542. The second-order valence-corrected chi connectivity index (χ2v) is 4.50. The Hall–Kier alpha value is -2.38. The lowest BCUT2D eigenvalue weighted by molar-refractivity contribution is 0.270. The highest BCUT2D eigenvalue weighted by atomic mass is 19.1. The smallest absolute Gasteiger partial charge is 0.223 e. The van der Waals surface area contributed by atoms with Gasteiger partial charge in [0.2, 0.25) is 5.96 Å². The molecular formula is C12H15F2N5O. The summed E-state index contributed by atoms with van der Waals surface area (Å²) in [4.78, 5) is 7.13. The quantitative estimate of drug-likeness (QED) is 0.564. The molecule has 6 nitrogen and oxygen atoms in total. The van der Waals surface area contributed by atoms with Crippen LogP contribution in [0.4, 0.5) is 14.5 Å². The molecule has 0 saturated heterocycles. The Morgan fingerprint density at radius 2 is 1.80 bits per heavy atom. The van der Waals surface area contributed by atoms with Gasteiger partial charge in [0.15, 0.2) is 23.3 Å². The van der Waals surface area contributed by atoms with E-state index in [1.807, 2.05) is 0 Å². The summed E-state index contributed by atoms with van der Waals surface area (Å²) < 4.78 is 32.6. The highest BCUT2D eigenvalue weighted by Crippen LogP contribution is 2.32. The van der Waals surface area contributed by atoms with Gasteiger partial charge < -0.3 is 21.9 Å².